The number of aromatic amines is 1. The van der Waals surface area contributed by atoms with Crippen molar-refractivity contribution in [2.75, 3.05) is 19.7 Å². The van der Waals surface area contributed by atoms with Gasteiger partial charge in [-0.3, -0.25) is 14.5 Å². The molecule has 44 heavy (non-hydrogen) atoms. The average Bonchev–Trinajstić information content (AvgIpc) is 3.34. The standard InChI is InChI=1S/C34H46FN5O4/c1-33(2,21-41)38-31(43)24-8-12-27(13-9-24)40-29-19-22(20-39-17-15-25(16-18-39)34(3,4)44)5-14-28(29)36-32(40)37-30(42)23-6-10-26(35)11-7-23/h5-7,10-11,14,19,24-25,27,41,44H,8-9,12-13,15-18,20-21H2,1-4H3,(H,38,43)(H,36,37,42)/t24-,27+. The fourth-order valence-corrected chi connectivity index (χ4v) is 6.61. The van der Waals surface area contributed by atoms with Gasteiger partial charge in [-0.2, -0.15) is 4.99 Å². The van der Waals surface area contributed by atoms with Gasteiger partial charge in [0.15, 0.2) is 0 Å². The molecule has 2 amide bonds. The fourth-order valence-electron chi connectivity index (χ4n) is 6.61. The molecule has 1 aromatic heterocycles. The van der Waals surface area contributed by atoms with Crippen molar-refractivity contribution < 1.29 is 24.2 Å². The second kappa shape index (κ2) is 12.9. The lowest BCUT2D eigenvalue weighted by Gasteiger charge is -2.37. The number of benzene rings is 2. The summed E-state index contributed by atoms with van der Waals surface area (Å²) in [6.45, 7) is 9.89. The zero-order valence-corrected chi connectivity index (χ0v) is 26.3. The molecule has 3 aromatic rings. The van der Waals surface area contributed by atoms with Gasteiger partial charge in [0.05, 0.1) is 28.8 Å². The first kappa shape index (κ1) is 32.1. The average molecular weight is 608 g/mol. The number of hydrogen-bond acceptors (Lipinski definition) is 5. The Hall–Kier alpha value is -3.34. The number of H-pyrrole nitrogens is 1. The summed E-state index contributed by atoms with van der Waals surface area (Å²) < 4.78 is 15.6. The van der Waals surface area contributed by atoms with Gasteiger partial charge in [-0.25, -0.2) is 4.39 Å². The summed E-state index contributed by atoms with van der Waals surface area (Å²) in [6, 6.07) is 11.7. The Morgan fingerprint density at radius 2 is 1.66 bits per heavy atom. The minimum absolute atomic E-state index is 0.0243. The Balaban J connectivity index is 1.42. The summed E-state index contributed by atoms with van der Waals surface area (Å²) in [5.41, 5.74) is 2.38. The molecule has 1 aliphatic carbocycles. The summed E-state index contributed by atoms with van der Waals surface area (Å²) in [6.07, 6.45) is 4.74. The third-order valence-electron chi connectivity index (χ3n) is 9.38. The molecule has 2 fully saturated rings. The first-order chi connectivity index (χ1) is 20.8. The Morgan fingerprint density at radius 1 is 1.00 bits per heavy atom. The minimum Gasteiger partial charge on any atom is -0.394 e. The number of carbonyl (C=O) groups excluding carboxylic acids is 2. The van der Waals surface area contributed by atoms with E-state index in [1.165, 1.54) is 24.3 Å². The van der Waals surface area contributed by atoms with Crippen LogP contribution in [0.4, 0.5) is 4.39 Å². The normalized spacial score (nSPS) is 21.1. The largest absolute Gasteiger partial charge is 0.394 e. The van der Waals surface area contributed by atoms with Crippen molar-refractivity contribution in [1.29, 1.82) is 0 Å². The maximum Gasteiger partial charge on any atom is 0.280 e. The highest BCUT2D eigenvalue weighted by Gasteiger charge is 2.32. The predicted molar refractivity (Wildman–Crippen MR) is 167 cm³/mol. The maximum absolute atomic E-state index is 13.5. The number of nitrogens with one attached hydrogen (secondary N) is 2. The first-order valence-electron chi connectivity index (χ1n) is 15.8. The SMILES string of the molecule is CC(C)(CO)NC(=O)[C@H]1CC[C@@H](n2/c(=N/C(=O)c3ccc(F)cc3)[nH]c3ccc(CN4CCC(C(C)(C)O)CC4)cc32)CC1. The van der Waals surface area contributed by atoms with E-state index in [2.05, 4.69) is 36.9 Å². The van der Waals surface area contributed by atoms with Gasteiger partial charge >= 0.3 is 0 Å². The Bertz CT molecular complexity index is 1540. The number of amides is 2. The predicted octanol–water partition coefficient (Wildman–Crippen LogP) is 4.45. The highest BCUT2D eigenvalue weighted by atomic mass is 19.1. The molecule has 10 heteroatoms. The molecular weight excluding hydrogens is 561 g/mol. The smallest absolute Gasteiger partial charge is 0.280 e. The Labute approximate surface area is 258 Å². The van der Waals surface area contributed by atoms with Crippen LogP contribution in [0.5, 0.6) is 0 Å². The van der Waals surface area contributed by atoms with Crippen molar-refractivity contribution in [3.8, 4) is 0 Å². The number of hydrogen-bond donors (Lipinski definition) is 4. The molecule has 1 saturated heterocycles. The molecule has 9 nitrogen and oxygen atoms in total. The van der Waals surface area contributed by atoms with Gasteiger partial charge in [0, 0.05) is 24.1 Å². The quantitative estimate of drug-likeness (QED) is 0.301. The second-order valence-electron chi connectivity index (χ2n) is 13.8. The van der Waals surface area contributed by atoms with Crippen molar-refractivity contribution in [1.82, 2.24) is 19.8 Å². The number of rotatable bonds is 8. The highest BCUT2D eigenvalue weighted by Crippen LogP contribution is 2.34. The molecule has 1 saturated carbocycles. The molecule has 0 unspecified atom stereocenters. The van der Waals surface area contributed by atoms with Crippen molar-refractivity contribution in [3.63, 3.8) is 0 Å². The van der Waals surface area contributed by atoms with Gasteiger partial charge < -0.3 is 25.1 Å². The molecule has 0 spiro atoms. The van der Waals surface area contributed by atoms with Crippen molar-refractivity contribution >= 4 is 22.8 Å². The summed E-state index contributed by atoms with van der Waals surface area (Å²) in [4.78, 5) is 36.3. The fraction of sp³-hybridized carbons (Fsp3) is 0.559. The molecule has 0 radical (unpaired) electrons. The van der Waals surface area contributed by atoms with E-state index in [0.717, 1.165) is 61.9 Å². The van der Waals surface area contributed by atoms with Crippen LogP contribution in [0.1, 0.15) is 88.2 Å². The zero-order chi connectivity index (χ0) is 31.6. The molecule has 2 heterocycles. The summed E-state index contributed by atoms with van der Waals surface area (Å²) in [5, 5.41) is 23.0. The highest BCUT2D eigenvalue weighted by molar-refractivity contribution is 5.95. The van der Waals surface area contributed by atoms with Crippen LogP contribution in [0.3, 0.4) is 0 Å². The Kier molecular flexibility index (Phi) is 9.44. The van der Waals surface area contributed by atoms with Crippen LogP contribution in [-0.2, 0) is 11.3 Å². The number of nitrogens with zero attached hydrogens (tertiary/aromatic N) is 3. The maximum atomic E-state index is 13.5. The van der Waals surface area contributed by atoms with Crippen LogP contribution >= 0.6 is 0 Å². The number of fused-ring (bicyclic) bond motifs is 1. The van der Waals surface area contributed by atoms with Crippen LogP contribution in [0.25, 0.3) is 11.0 Å². The van der Waals surface area contributed by atoms with Gasteiger partial charge in [-0.1, -0.05) is 6.07 Å². The molecule has 2 aromatic carbocycles. The number of carbonyl (C=O) groups is 2. The monoisotopic (exact) mass is 607 g/mol. The van der Waals surface area contributed by atoms with E-state index in [1.54, 1.807) is 13.8 Å². The topological polar surface area (TPSA) is 123 Å². The van der Waals surface area contributed by atoms with E-state index in [1.807, 2.05) is 19.9 Å². The van der Waals surface area contributed by atoms with E-state index in [-0.39, 0.29) is 24.5 Å². The lowest BCUT2D eigenvalue weighted by Crippen LogP contribution is -2.49. The number of imidazole rings is 1. The summed E-state index contributed by atoms with van der Waals surface area (Å²) >= 11 is 0. The van der Waals surface area contributed by atoms with Crippen LogP contribution in [0.15, 0.2) is 47.5 Å². The minimum atomic E-state index is -0.674. The van der Waals surface area contributed by atoms with Crippen molar-refractivity contribution in [2.45, 2.75) is 89.9 Å². The Morgan fingerprint density at radius 3 is 2.27 bits per heavy atom. The zero-order valence-electron chi connectivity index (χ0n) is 26.3. The molecule has 1 aliphatic heterocycles. The molecule has 0 atom stereocenters. The third-order valence-corrected chi connectivity index (χ3v) is 9.38. The van der Waals surface area contributed by atoms with Crippen LogP contribution < -0.4 is 10.9 Å². The molecule has 2 aliphatic rings. The van der Waals surface area contributed by atoms with E-state index < -0.39 is 22.9 Å². The molecule has 0 bridgehead atoms. The van der Waals surface area contributed by atoms with Crippen LogP contribution in [0.2, 0.25) is 0 Å². The van der Waals surface area contributed by atoms with Gasteiger partial charge in [-0.15, -0.1) is 0 Å². The number of piperidine rings is 1. The van der Waals surface area contributed by atoms with Gasteiger partial charge in [0.25, 0.3) is 5.91 Å². The first-order valence-corrected chi connectivity index (χ1v) is 15.8. The van der Waals surface area contributed by atoms with Gasteiger partial charge in [-0.05, 0) is 127 Å². The molecular formula is C34H46FN5O4. The molecule has 4 N–H and O–H groups in total. The van der Waals surface area contributed by atoms with Crippen LogP contribution in [0, 0.1) is 17.7 Å². The lowest BCUT2D eigenvalue weighted by atomic mass is 9.83. The number of aliphatic hydroxyl groups excluding tert-OH is 1. The summed E-state index contributed by atoms with van der Waals surface area (Å²) in [7, 11) is 0. The molecule has 5 rings (SSSR count). The second-order valence-corrected chi connectivity index (χ2v) is 13.8. The number of halogens is 1. The number of aromatic nitrogens is 2. The van der Waals surface area contributed by atoms with Gasteiger partial charge in [0.2, 0.25) is 11.5 Å². The molecule has 238 valence electrons. The van der Waals surface area contributed by atoms with E-state index in [9.17, 15) is 24.2 Å². The number of likely N-dealkylation sites (tertiary alicyclic amines) is 1. The summed E-state index contributed by atoms with van der Waals surface area (Å²) in [5.74, 6) is -0.769. The van der Waals surface area contributed by atoms with Crippen molar-refractivity contribution in [3.05, 3.63) is 65.0 Å². The third kappa shape index (κ3) is 7.47. The lowest BCUT2D eigenvalue weighted by molar-refractivity contribution is -0.128. The van der Waals surface area contributed by atoms with Crippen molar-refractivity contribution in [2.24, 2.45) is 16.8 Å². The van der Waals surface area contributed by atoms with E-state index in [0.29, 0.717) is 29.9 Å². The van der Waals surface area contributed by atoms with Gasteiger partial charge in [0.1, 0.15) is 5.82 Å². The van der Waals surface area contributed by atoms with E-state index in [4.69, 9.17) is 0 Å². The van der Waals surface area contributed by atoms with E-state index >= 15 is 0 Å². The number of aliphatic hydroxyl groups is 2. The van der Waals surface area contributed by atoms with Crippen LogP contribution in [-0.4, -0.2) is 67.3 Å².